The molecule has 14 heavy (non-hydrogen) atoms. The van der Waals surface area contributed by atoms with Gasteiger partial charge in [-0.1, -0.05) is 0 Å². The summed E-state index contributed by atoms with van der Waals surface area (Å²) in [7, 11) is 1.50. The molecular formula is C10H12FNO2. The highest BCUT2D eigenvalue weighted by Gasteiger charge is 2.22. The van der Waals surface area contributed by atoms with Gasteiger partial charge in [-0.25, -0.2) is 4.39 Å². The molecule has 1 aliphatic heterocycles. The van der Waals surface area contributed by atoms with E-state index in [0.717, 1.165) is 0 Å². The molecule has 2 N–H and O–H groups in total. The van der Waals surface area contributed by atoms with Crippen molar-refractivity contribution in [3.05, 3.63) is 23.5 Å². The largest absolute Gasteiger partial charge is 0.497 e. The van der Waals surface area contributed by atoms with Crippen LogP contribution in [0.4, 0.5) is 4.39 Å². The lowest BCUT2D eigenvalue weighted by Gasteiger charge is -2.23. The van der Waals surface area contributed by atoms with Crippen molar-refractivity contribution in [2.75, 3.05) is 13.7 Å². The molecule has 4 heteroatoms. The van der Waals surface area contributed by atoms with E-state index in [1.807, 2.05) is 0 Å². The van der Waals surface area contributed by atoms with Crippen molar-refractivity contribution in [2.45, 2.75) is 12.5 Å². The normalized spacial score (nSPS) is 19.8. The van der Waals surface area contributed by atoms with Crippen LogP contribution in [-0.2, 0) is 0 Å². The van der Waals surface area contributed by atoms with Crippen molar-refractivity contribution in [2.24, 2.45) is 5.73 Å². The van der Waals surface area contributed by atoms with E-state index in [1.54, 1.807) is 6.07 Å². The highest BCUT2D eigenvalue weighted by atomic mass is 19.1. The van der Waals surface area contributed by atoms with Crippen LogP contribution in [0.1, 0.15) is 18.0 Å². The van der Waals surface area contributed by atoms with Gasteiger partial charge in [0.1, 0.15) is 5.75 Å². The zero-order valence-corrected chi connectivity index (χ0v) is 7.92. The molecular weight excluding hydrogens is 185 g/mol. The van der Waals surface area contributed by atoms with Crippen LogP contribution < -0.4 is 15.2 Å². The molecule has 0 bridgehead atoms. The quantitative estimate of drug-likeness (QED) is 0.744. The Morgan fingerprint density at radius 1 is 1.57 bits per heavy atom. The first-order chi connectivity index (χ1) is 6.72. The molecule has 3 nitrogen and oxygen atoms in total. The Balaban J connectivity index is 2.51. The van der Waals surface area contributed by atoms with E-state index in [-0.39, 0.29) is 11.8 Å². The first kappa shape index (κ1) is 9.27. The third-order valence-electron chi connectivity index (χ3n) is 2.36. The zero-order chi connectivity index (χ0) is 10.1. The SMILES string of the molecule is COc1cc(F)c2c(c1)[C@H](N)CCO2. The van der Waals surface area contributed by atoms with Gasteiger partial charge >= 0.3 is 0 Å². The first-order valence-corrected chi connectivity index (χ1v) is 4.48. The van der Waals surface area contributed by atoms with Gasteiger partial charge in [-0.2, -0.15) is 0 Å². The number of nitrogens with two attached hydrogens (primary N) is 1. The van der Waals surface area contributed by atoms with Crippen molar-refractivity contribution in [3.8, 4) is 11.5 Å². The molecule has 0 radical (unpaired) electrons. The topological polar surface area (TPSA) is 44.5 Å². The number of methoxy groups -OCH3 is 1. The summed E-state index contributed by atoms with van der Waals surface area (Å²) >= 11 is 0. The summed E-state index contributed by atoms with van der Waals surface area (Å²) in [6.07, 6.45) is 0.708. The van der Waals surface area contributed by atoms with Gasteiger partial charge in [0.05, 0.1) is 13.7 Å². The number of hydrogen-bond donors (Lipinski definition) is 1. The molecule has 1 aromatic rings. The summed E-state index contributed by atoms with van der Waals surface area (Å²) in [5, 5.41) is 0. The second kappa shape index (κ2) is 3.46. The van der Waals surface area contributed by atoms with E-state index in [1.165, 1.54) is 13.2 Å². The van der Waals surface area contributed by atoms with Gasteiger partial charge in [0.2, 0.25) is 0 Å². The Morgan fingerprint density at radius 3 is 3.07 bits per heavy atom. The Labute approximate surface area is 81.6 Å². The second-order valence-electron chi connectivity index (χ2n) is 3.27. The predicted molar refractivity (Wildman–Crippen MR) is 50.0 cm³/mol. The summed E-state index contributed by atoms with van der Waals surface area (Å²) in [6, 6.07) is 2.86. The van der Waals surface area contributed by atoms with E-state index < -0.39 is 5.82 Å². The molecule has 0 unspecified atom stereocenters. The average Bonchev–Trinajstić information content (AvgIpc) is 2.19. The van der Waals surface area contributed by atoms with E-state index in [0.29, 0.717) is 24.3 Å². The van der Waals surface area contributed by atoms with Crippen LogP contribution in [-0.4, -0.2) is 13.7 Å². The van der Waals surface area contributed by atoms with Crippen molar-refractivity contribution in [1.82, 2.24) is 0 Å². The van der Waals surface area contributed by atoms with Gasteiger partial charge in [0.25, 0.3) is 0 Å². The monoisotopic (exact) mass is 197 g/mol. The van der Waals surface area contributed by atoms with Crippen LogP contribution in [0.5, 0.6) is 11.5 Å². The molecule has 0 amide bonds. The van der Waals surface area contributed by atoms with E-state index in [4.69, 9.17) is 15.2 Å². The summed E-state index contributed by atoms with van der Waals surface area (Å²) in [5.74, 6) is 0.334. The number of rotatable bonds is 1. The maximum absolute atomic E-state index is 13.4. The van der Waals surface area contributed by atoms with Gasteiger partial charge in [0, 0.05) is 24.1 Å². The fourth-order valence-electron chi connectivity index (χ4n) is 1.58. The van der Waals surface area contributed by atoms with Crippen LogP contribution in [0, 0.1) is 5.82 Å². The van der Waals surface area contributed by atoms with Gasteiger partial charge in [-0.3, -0.25) is 0 Å². The molecule has 1 heterocycles. The van der Waals surface area contributed by atoms with Crippen molar-refractivity contribution < 1.29 is 13.9 Å². The Hall–Kier alpha value is -1.29. The molecule has 0 saturated heterocycles. The van der Waals surface area contributed by atoms with Crippen LogP contribution in [0.15, 0.2) is 12.1 Å². The number of ether oxygens (including phenoxy) is 2. The third kappa shape index (κ3) is 1.42. The molecule has 1 atom stereocenters. The number of halogens is 1. The van der Waals surface area contributed by atoms with Crippen LogP contribution >= 0.6 is 0 Å². The van der Waals surface area contributed by atoms with Crippen LogP contribution in [0.2, 0.25) is 0 Å². The van der Waals surface area contributed by atoms with Crippen LogP contribution in [0.25, 0.3) is 0 Å². The highest BCUT2D eigenvalue weighted by molar-refractivity contribution is 5.44. The minimum atomic E-state index is -0.408. The second-order valence-corrected chi connectivity index (χ2v) is 3.27. The van der Waals surface area contributed by atoms with E-state index in [2.05, 4.69) is 0 Å². The van der Waals surface area contributed by atoms with Gasteiger partial charge in [-0.05, 0) is 6.07 Å². The number of fused-ring (bicyclic) bond motifs is 1. The van der Waals surface area contributed by atoms with Crippen molar-refractivity contribution >= 4 is 0 Å². The van der Waals surface area contributed by atoms with E-state index in [9.17, 15) is 4.39 Å². The number of benzene rings is 1. The first-order valence-electron chi connectivity index (χ1n) is 4.48. The molecule has 0 saturated carbocycles. The maximum Gasteiger partial charge on any atom is 0.169 e. The summed E-state index contributed by atoms with van der Waals surface area (Å²) in [4.78, 5) is 0. The fourth-order valence-corrected chi connectivity index (χ4v) is 1.58. The van der Waals surface area contributed by atoms with Gasteiger partial charge in [0.15, 0.2) is 11.6 Å². The van der Waals surface area contributed by atoms with E-state index >= 15 is 0 Å². The smallest absolute Gasteiger partial charge is 0.169 e. The minimum absolute atomic E-state index is 0.164. The Morgan fingerprint density at radius 2 is 2.36 bits per heavy atom. The molecule has 0 aromatic heterocycles. The highest BCUT2D eigenvalue weighted by Crippen LogP contribution is 2.35. The summed E-state index contributed by atoms with van der Waals surface area (Å²) in [6.45, 7) is 0.470. The molecule has 2 rings (SSSR count). The number of hydrogen-bond acceptors (Lipinski definition) is 3. The van der Waals surface area contributed by atoms with Crippen molar-refractivity contribution in [1.29, 1.82) is 0 Å². The zero-order valence-electron chi connectivity index (χ0n) is 7.92. The molecule has 1 aliphatic rings. The lowest BCUT2D eigenvalue weighted by atomic mass is 10.0. The predicted octanol–water partition coefficient (Wildman–Crippen LogP) is 1.62. The lowest BCUT2D eigenvalue weighted by molar-refractivity contribution is 0.254. The average molecular weight is 197 g/mol. The van der Waals surface area contributed by atoms with Gasteiger partial charge in [-0.15, -0.1) is 0 Å². The van der Waals surface area contributed by atoms with Crippen molar-refractivity contribution in [3.63, 3.8) is 0 Å². The Kier molecular flexibility index (Phi) is 2.29. The molecule has 0 spiro atoms. The Bertz CT molecular complexity index is 354. The fraction of sp³-hybridized carbons (Fsp3) is 0.400. The molecule has 0 aliphatic carbocycles. The molecule has 76 valence electrons. The summed E-state index contributed by atoms with van der Waals surface area (Å²) < 4.78 is 23.6. The van der Waals surface area contributed by atoms with Gasteiger partial charge < -0.3 is 15.2 Å². The third-order valence-corrected chi connectivity index (χ3v) is 2.36. The molecule has 0 fully saturated rings. The minimum Gasteiger partial charge on any atom is -0.497 e. The summed E-state index contributed by atoms with van der Waals surface area (Å²) in [5.41, 5.74) is 6.52. The standard InChI is InChI=1S/C10H12FNO2/c1-13-6-4-7-9(12)2-3-14-10(7)8(11)5-6/h4-5,9H,2-3,12H2,1H3/t9-/m1/s1. The maximum atomic E-state index is 13.4. The lowest BCUT2D eigenvalue weighted by Crippen LogP contribution is -2.21. The molecule has 1 aromatic carbocycles. The van der Waals surface area contributed by atoms with Crippen LogP contribution in [0.3, 0.4) is 0 Å².